The number of nitrogens with one attached hydrogen (secondary N) is 1. The molecule has 0 unspecified atom stereocenters. The van der Waals surface area contributed by atoms with Crippen molar-refractivity contribution in [2.24, 2.45) is 0 Å². The first-order chi connectivity index (χ1) is 11.0. The molecule has 0 saturated carbocycles. The molecule has 0 atom stereocenters. The number of carboxylic acid groups (broad SMARTS) is 1. The Labute approximate surface area is 145 Å². The second-order valence-electron chi connectivity index (χ2n) is 5.10. The number of amides is 1. The van der Waals surface area contributed by atoms with Crippen LogP contribution in [0.5, 0.6) is 0 Å². The van der Waals surface area contributed by atoms with Crippen LogP contribution in [0.2, 0.25) is 4.34 Å². The van der Waals surface area contributed by atoms with Crippen molar-refractivity contribution in [3.63, 3.8) is 0 Å². The van der Waals surface area contributed by atoms with E-state index in [-0.39, 0.29) is 18.5 Å². The highest BCUT2D eigenvalue weighted by Gasteiger charge is 2.42. The van der Waals surface area contributed by atoms with Crippen LogP contribution in [0, 0.1) is 0 Å². The first kappa shape index (κ1) is 16.4. The summed E-state index contributed by atoms with van der Waals surface area (Å²) in [6.45, 7) is 0.616. The van der Waals surface area contributed by atoms with Crippen LogP contribution in [0.4, 0.5) is 0 Å². The molecule has 2 aromatic rings. The predicted octanol–water partition coefficient (Wildman–Crippen LogP) is 2.89. The van der Waals surface area contributed by atoms with Gasteiger partial charge in [0.25, 0.3) is 5.91 Å². The van der Waals surface area contributed by atoms with Gasteiger partial charge in [0.15, 0.2) is 0 Å². The van der Waals surface area contributed by atoms with Crippen molar-refractivity contribution in [2.75, 3.05) is 13.2 Å². The fraction of sp³-hybridized carbons (Fsp3) is 0.357. The van der Waals surface area contributed by atoms with Crippen LogP contribution in [0.25, 0.3) is 9.88 Å². The van der Waals surface area contributed by atoms with E-state index in [1.165, 1.54) is 22.7 Å². The Morgan fingerprint density at radius 1 is 1.35 bits per heavy atom. The van der Waals surface area contributed by atoms with Crippen molar-refractivity contribution in [1.82, 2.24) is 10.3 Å². The predicted molar refractivity (Wildman–Crippen MR) is 88.3 cm³/mol. The Morgan fingerprint density at radius 3 is 2.70 bits per heavy atom. The Hall–Kier alpha value is -1.48. The average Bonchev–Trinajstić information content (AvgIpc) is 3.16. The van der Waals surface area contributed by atoms with Crippen molar-refractivity contribution in [3.8, 4) is 9.88 Å². The molecule has 1 fully saturated rings. The van der Waals surface area contributed by atoms with E-state index < -0.39 is 17.4 Å². The monoisotopic (exact) mass is 372 g/mol. The molecule has 6 nitrogen and oxygen atoms in total. The van der Waals surface area contributed by atoms with Crippen LogP contribution in [0.3, 0.4) is 0 Å². The minimum absolute atomic E-state index is 0.210. The molecule has 0 radical (unpaired) electrons. The van der Waals surface area contributed by atoms with Gasteiger partial charge in [-0.3, -0.25) is 4.79 Å². The van der Waals surface area contributed by atoms with Gasteiger partial charge in [0, 0.05) is 31.4 Å². The van der Waals surface area contributed by atoms with Crippen molar-refractivity contribution >= 4 is 46.2 Å². The molecule has 0 aliphatic carbocycles. The van der Waals surface area contributed by atoms with Crippen LogP contribution in [-0.4, -0.2) is 40.7 Å². The number of halogens is 1. The van der Waals surface area contributed by atoms with Crippen LogP contribution in [-0.2, 0) is 9.53 Å². The first-order valence-corrected chi connectivity index (χ1v) is 8.92. The highest BCUT2D eigenvalue weighted by Crippen LogP contribution is 2.33. The molecular weight excluding hydrogens is 360 g/mol. The Balaban J connectivity index is 1.78. The largest absolute Gasteiger partial charge is 0.480 e. The van der Waals surface area contributed by atoms with Gasteiger partial charge >= 0.3 is 5.97 Å². The van der Waals surface area contributed by atoms with E-state index in [9.17, 15) is 14.7 Å². The van der Waals surface area contributed by atoms with Crippen molar-refractivity contribution in [2.45, 2.75) is 18.4 Å². The number of ether oxygens (including phenoxy) is 1. The van der Waals surface area contributed by atoms with Gasteiger partial charge in [0.05, 0.1) is 9.21 Å². The molecule has 3 rings (SSSR count). The van der Waals surface area contributed by atoms with Gasteiger partial charge in [-0.1, -0.05) is 11.6 Å². The number of hydrogen-bond donors (Lipinski definition) is 2. The van der Waals surface area contributed by atoms with Crippen molar-refractivity contribution in [1.29, 1.82) is 0 Å². The van der Waals surface area contributed by atoms with Crippen LogP contribution in [0.15, 0.2) is 17.5 Å². The van der Waals surface area contributed by atoms with E-state index >= 15 is 0 Å². The fourth-order valence-corrected chi connectivity index (χ4v) is 4.23. The summed E-state index contributed by atoms with van der Waals surface area (Å²) < 4.78 is 5.83. The lowest BCUT2D eigenvalue weighted by molar-refractivity contribution is -0.148. The number of nitrogens with zero attached hydrogens (tertiary/aromatic N) is 1. The number of carboxylic acids is 1. The lowest BCUT2D eigenvalue weighted by Gasteiger charge is -2.33. The second kappa shape index (κ2) is 6.56. The maximum absolute atomic E-state index is 12.4. The van der Waals surface area contributed by atoms with E-state index in [2.05, 4.69) is 10.3 Å². The summed E-state index contributed by atoms with van der Waals surface area (Å²) in [6.07, 6.45) is 0.483. The highest BCUT2D eigenvalue weighted by atomic mass is 35.5. The topological polar surface area (TPSA) is 88.5 Å². The SMILES string of the molecule is O=C(NC1(C(=O)O)CCOCC1)c1csc(-c2ccc(Cl)s2)n1. The maximum atomic E-state index is 12.4. The van der Waals surface area contributed by atoms with Crippen molar-refractivity contribution in [3.05, 3.63) is 27.5 Å². The number of aromatic nitrogens is 1. The lowest BCUT2D eigenvalue weighted by atomic mass is 9.90. The molecule has 1 saturated heterocycles. The first-order valence-electron chi connectivity index (χ1n) is 6.85. The minimum Gasteiger partial charge on any atom is -0.480 e. The normalized spacial score (nSPS) is 16.9. The lowest BCUT2D eigenvalue weighted by Crippen LogP contribution is -2.57. The third-order valence-corrected chi connectivity index (χ3v) is 5.87. The second-order valence-corrected chi connectivity index (χ2v) is 7.67. The van der Waals surface area contributed by atoms with Gasteiger partial charge in [-0.25, -0.2) is 9.78 Å². The highest BCUT2D eigenvalue weighted by molar-refractivity contribution is 7.23. The number of hydrogen-bond acceptors (Lipinski definition) is 6. The molecule has 3 heterocycles. The number of aliphatic carboxylic acids is 1. The number of carbonyl (C=O) groups excluding carboxylic acids is 1. The number of carbonyl (C=O) groups is 2. The summed E-state index contributed by atoms with van der Waals surface area (Å²) in [6, 6.07) is 3.61. The molecule has 0 bridgehead atoms. The molecule has 2 aromatic heterocycles. The third-order valence-electron chi connectivity index (χ3n) is 3.63. The van der Waals surface area contributed by atoms with Gasteiger partial charge in [-0.05, 0) is 12.1 Å². The molecule has 1 amide bonds. The Kier molecular flexibility index (Phi) is 4.67. The molecule has 1 aliphatic heterocycles. The summed E-state index contributed by atoms with van der Waals surface area (Å²) >= 11 is 8.60. The van der Waals surface area contributed by atoms with Crippen LogP contribution in [0.1, 0.15) is 23.3 Å². The average molecular weight is 373 g/mol. The van der Waals surface area contributed by atoms with Gasteiger partial charge in [-0.15, -0.1) is 22.7 Å². The van der Waals surface area contributed by atoms with Gasteiger partial charge in [-0.2, -0.15) is 0 Å². The van der Waals surface area contributed by atoms with Gasteiger partial charge < -0.3 is 15.2 Å². The number of rotatable bonds is 4. The molecule has 23 heavy (non-hydrogen) atoms. The van der Waals surface area contributed by atoms with Gasteiger partial charge in [0.2, 0.25) is 0 Å². The molecular formula is C14H13ClN2O4S2. The minimum atomic E-state index is -1.29. The molecule has 2 N–H and O–H groups in total. The molecule has 0 spiro atoms. The zero-order chi connectivity index (χ0) is 16.4. The van der Waals surface area contributed by atoms with E-state index in [0.717, 1.165) is 4.88 Å². The third kappa shape index (κ3) is 3.40. The number of thiophene rings is 1. The molecule has 122 valence electrons. The summed E-state index contributed by atoms with van der Waals surface area (Å²) in [5.41, 5.74) is -1.08. The molecule has 9 heteroatoms. The fourth-order valence-electron chi connectivity index (χ4n) is 2.31. The van der Waals surface area contributed by atoms with Crippen LogP contribution < -0.4 is 5.32 Å². The maximum Gasteiger partial charge on any atom is 0.329 e. The summed E-state index contributed by atoms with van der Waals surface area (Å²) in [5, 5.41) is 14.4. The Morgan fingerprint density at radius 2 is 2.09 bits per heavy atom. The standard InChI is InChI=1S/C14H13ClN2O4S2/c15-10-2-1-9(23-10)12-16-8(7-22-12)11(18)17-14(13(19)20)3-5-21-6-4-14/h1-2,7H,3-6H2,(H,17,18)(H,19,20). The molecule has 0 aromatic carbocycles. The number of thiazole rings is 1. The van der Waals surface area contributed by atoms with E-state index in [1.54, 1.807) is 11.4 Å². The quantitative estimate of drug-likeness (QED) is 0.861. The van der Waals surface area contributed by atoms with E-state index in [0.29, 0.717) is 22.6 Å². The smallest absolute Gasteiger partial charge is 0.329 e. The van der Waals surface area contributed by atoms with Gasteiger partial charge in [0.1, 0.15) is 16.2 Å². The van der Waals surface area contributed by atoms with Crippen LogP contribution >= 0.6 is 34.3 Å². The Bertz CT molecular complexity index is 737. The summed E-state index contributed by atoms with van der Waals surface area (Å²) in [7, 11) is 0. The van der Waals surface area contributed by atoms with E-state index in [4.69, 9.17) is 16.3 Å². The zero-order valence-corrected chi connectivity index (χ0v) is 14.3. The van der Waals surface area contributed by atoms with E-state index in [1.807, 2.05) is 6.07 Å². The zero-order valence-electron chi connectivity index (χ0n) is 11.9. The van der Waals surface area contributed by atoms with Crippen molar-refractivity contribution < 1.29 is 19.4 Å². The summed E-state index contributed by atoms with van der Waals surface area (Å²) in [4.78, 5) is 29.1. The molecule has 1 aliphatic rings. The summed E-state index contributed by atoms with van der Waals surface area (Å²) in [5.74, 6) is -1.53.